The molecular formula is C24H31FN2O3S. The van der Waals surface area contributed by atoms with Gasteiger partial charge in [-0.25, -0.2) is 4.39 Å². The normalized spacial score (nSPS) is 11.8. The van der Waals surface area contributed by atoms with Gasteiger partial charge in [0.2, 0.25) is 11.8 Å². The summed E-state index contributed by atoms with van der Waals surface area (Å²) in [5, 5.41) is 2.90. The maximum Gasteiger partial charge on any atom is 0.242 e. The summed E-state index contributed by atoms with van der Waals surface area (Å²) in [5.74, 6) is 0.905. The molecule has 2 amide bonds. The van der Waals surface area contributed by atoms with Crippen LogP contribution in [0.2, 0.25) is 0 Å². The van der Waals surface area contributed by atoms with E-state index in [9.17, 15) is 14.0 Å². The first-order valence-electron chi connectivity index (χ1n) is 10.3. The third-order valence-electron chi connectivity index (χ3n) is 4.78. The van der Waals surface area contributed by atoms with Gasteiger partial charge in [-0.15, -0.1) is 11.8 Å². The van der Waals surface area contributed by atoms with Crippen LogP contribution in [0, 0.1) is 11.7 Å². The SMILES string of the molecule is COc1cccc(CN(C(=O)CSCc2ccccc2F)C(C)C(=O)NCC(C)C)c1. The number of benzene rings is 2. The summed E-state index contributed by atoms with van der Waals surface area (Å²) >= 11 is 1.33. The molecule has 0 saturated carbocycles. The number of carbonyl (C=O) groups excluding carboxylic acids is 2. The fourth-order valence-electron chi connectivity index (χ4n) is 2.95. The molecule has 168 valence electrons. The van der Waals surface area contributed by atoms with E-state index < -0.39 is 6.04 Å². The summed E-state index contributed by atoms with van der Waals surface area (Å²) in [7, 11) is 1.59. The number of halogens is 1. The lowest BCUT2D eigenvalue weighted by Crippen LogP contribution is -2.48. The lowest BCUT2D eigenvalue weighted by Gasteiger charge is -2.29. The highest BCUT2D eigenvalue weighted by atomic mass is 32.2. The summed E-state index contributed by atoms with van der Waals surface area (Å²) in [5.41, 5.74) is 1.43. The summed E-state index contributed by atoms with van der Waals surface area (Å²) < 4.78 is 19.1. The molecular weight excluding hydrogens is 415 g/mol. The summed E-state index contributed by atoms with van der Waals surface area (Å²) in [6.45, 7) is 6.60. The van der Waals surface area contributed by atoms with Crippen molar-refractivity contribution in [2.45, 2.75) is 39.1 Å². The van der Waals surface area contributed by atoms with Crippen molar-refractivity contribution in [3.05, 3.63) is 65.5 Å². The van der Waals surface area contributed by atoms with Crippen LogP contribution in [0.5, 0.6) is 5.75 Å². The van der Waals surface area contributed by atoms with Gasteiger partial charge in [-0.05, 0) is 42.2 Å². The quantitative estimate of drug-likeness (QED) is 0.560. The summed E-state index contributed by atoms with van der Waals surface area (Å²) in [4.78, 5) is 27.3. The van der Waals surface area contributed by atoms with Gasteiger partial charge < -0.3 is 15.0 Å². The average molecular weight is 447 g/mol. The number of ether oxygens (including phenoxy) is 1. The van der Waals surface area contributed by atoms with Gasteiger partial charge in [-0.3, -0.25) is 9.59 Å². The van der Waals surface area contributed by atoms with Gasteiger partial charge in [0.1, 0.15) is 17.6 Å². The number of rotatable bonds is 11. The van der Waals surface area contributed by atoms with Crippen molar-refractivity contribution in [2.75, 3.05) is 19.4 Å². The largest absolute Gasteiger partial charge is 0.497 e. The lowest BCUT2D eigenvalue weighted by atomic mass is 10.1. The van der Waals surface area contributed by atoms with E-state index in [4.69, 9.17) is 4.74 Å². The minimum atomic E-state index is -0.633. The van der Waals surface area contributed by atoms with E-state index in [1.54, 1.807) is 37.1 Å². The monoisotopic (exact) mass is 446 g/mol. The number of hydrogen-bond donors (Lipinski definition) is 1. The highest BCUT2D eigenvalue weighted by Crippen LogP contribution is 2.19. The minimum absolute atomic E-state index is 0.153. The zero-order chi connectivity index (χ0) is 22.8. The number of nitrogens with zero attached hydrogens (tertiary/aromatic N) is 1. The molecule has 0 radical (unpaired) electrons. The van der Waals surface area contributed by atoms with Gasteiger partial charge in [-0.2, -0.15) is 0 Å². The predicted octanol–water partition coefficient (Wildman–Crippen LogP) is 4.26. The van der Waals surface area contributed by atoms with Crippen molar-refractivity contribution in [3.63, 3.8) is 0 Å². The molecule has 0 aromatic heterocycles. The number of thioether (sulfide) groups is 1. The first-order valence-corrected chi connectivity index (χ1v) is 11.5. The Morgan fingerprint density at radius 3 is 2.55 bits per heavy atom. The van der Waals surface area contributed by atoms with Crippen LogP contribution in [0.4, 0.5) is 4.39 Å². The van der Waals surface area contributed by atoms with E-state index in [1.165, 1.54) is 17.8 Å². The lowest BCUT2D eigenvalue weighted by molar-refractivity contribution is -0.138. The maximum absolute atomic E-state index is 13.8. The van der Waals surface area contributed by atoms with Crippen LogP contribution in [0.25, 0.3) is 0 Å². The van der Waals surface area contributed by atoms with E-state index >= 15 is 0 Å². The average Bonchev–Trinajstić information content (AvgIpc) is 2.76. The summed E-state index contributed by atoms with van der Waals surface area (Å²) in [6.07, 6.45) is 0. The molecule has 0 aliphatic heterocycles. The number of carbonyl (C=O) groups is 2. The van der Waals surface area contributed by atoms with Crippen LogP contribution in [0.15, 0.2) is 48.5 Å². The number of nitrogens with one attached hydrogen (secondary N) is 1. The number of hydrogen-bond acceptors (Lipinski definition) is 4. The van der Waals surface area contributed by atoms with Crippen LogP contribution in [-0.2, 0) is 21.9 Å². The smallest absolute Gasteiger partial charge is 0.242 e. The Hall–Kier alpha value is -2.54. The van der Waals surface area contributed by atoms with Crippen molar-refractivity contribution in [3.8, 4) is 5.75 Å². The molecule has 0 heterocycles. The van der Waals surface area contributed by atoms with Gasteiger partial charge in [0.25, 0.3) is 0 Å². The van der Waals surface area contributed by atoms with E-state index in [-0.39, 0.29) is 29.9 Å². The maximum atomic E-state index is 13.8. The van der Waals surface area contributed by atoms with E-state index in [2.05, 4.69) is 5.32 Å². The molecule has 1 unspecified atom stereocenters. The molecule has 0 aliphatic carbocycles. The molecule has 1 atom stereocenters. The molecule has 7 heteroatoms. The number of amides is 2. The van der Waals surface area contributed by atoms with E-state index in [1.807, 2.05) is 38.1 Å². The Morgan fingerprint density at radius 1 is 1.13 bits per heavy atom. The Kier molecular flexibility index (Phi) is 9.85. The molecule has 5 nitrogen and oxygen atoms in total. The zero-order valence-corrected chi connectivity index (χ0v) is 19.4. The molecule has 1 N–H and O–H groups in total. The van der Waals surface area contributed by atoms with Gasteiger partial charge in [-0.1, -0.05) is 44.2 Å². The van der Waals surface area contributed by atoms with Gasteiger partial charge >= 0.3 is 0 Å². The topological polar surface area (TPSA) is 58.6 Å². The minimum Gasteiger partial charge on any atom is -0.497 e. The van der Waals surface area contributed by atoms with Crippen molar-refractivity contribution < 1.29 is 18.7 Å². The second-order valence-corrected chi connectivity index (χ2v) is 8.76. The molecule has 2 rings (SSSR count). The molecule has 0 bridgehead atoms. The third-order valence-corrected chi connectivity index (χ3v) is 5.75. The molecule has 0 saturated heterocycles. The zero-order valence-electron chi connectivity index (χ0n) is 18.6. The Bertz CT molecular complexity index is 875. The van der Waals surface area contributed by atoms with Crippen LogP contribution < -0.4 is 10.1 Å². The van der Waals surface area contributed by atoms with Gasteiger partial charge in [0.05, 0.1) is 12.9 Å². The van der Waals surface area contributed by atoms with Gasteiger partial charge in [0.15, 0.2) is 0 Å². The Balaban J connectivity index is 2.10. The Morgan fingerprint density at radius 2 is 1.87 bits per heavy atom. The van der Waals surface area contributed by atoms with Crippen molar-refractivity contribution in [2.24, 2.45) is 5.92 Å². The molecule has 2 aromatic rings. The molecule has 0 fully saturated rings. The van der Waals surface area contributed by atoms with E-state index in [0.29, 0.717) is 29.5 Å². The van der Waals surface area contributed by atoms with Crippen molar-refractivity contribution in [1.82, 2.24) is 10.2 Å². The molecule has 0 spiro atoms. The predicted molar refractivity (Wildman–Crippen MR) is 123 cm³/mol. The van der Waals surface area contributed by atoms with Crippen LogP contribution >= 0.6 is 11.8 Å². The fraction of sp³-hybridized carbons (Fsp3) is 0.417. The third kappa shape index (κ3) is 7.90. The first kappa shape index (κ1) is 24.7. The van der Waals surface area contributed by atoms with Crippen LogP contribution in [-0.4, -0.2) is 42.2 Å². The van der Waals surface area contributed by atoms with E-state index in [0.717, 1.165) is 5.56 Å². The second-order valence-electron chi connectivity index (χ2n) is 7.77. The van der Waals surface area contributed by atoms with Crippen molar-refractivity contribution in [1.29, 1.82) is 0 Å². The molecule has 31 heavy (non-hydrogen) atoms. The van der Waals surface area contributed by atoms with Crippen LogP contribution in [0.3, 0.4) is 0 Å². The van der Waals surface area contributed by atoms with Crippen LogP contribution in [0.1, 0.15) is 31.9 Å². The molecule has 0 aliphatic rings. The fourth-order valence-corrected chi connectivity index (χ4v) is 3.85. The first-order chi connectivity index (χ1) is 14.8. The summed E-state index contributed by atoms with van der Waals surface area (Å²) in [6, 6.07) is 13.3. The van der Waals surface area contributed by atoms with Crippen molar-refractivity contribution >= 4 is 23.6 Å². The molecule has 2 aromatic carbocycles. The standard InChI is InChI=1S/C24H31FN2O3S/c1-17(2)13-26-24(29)18(3)27(14-19-8-7-10-21(12-19)30-4)23(28)16-31-15-20-9-5-6-11-22(20)25/h5-12,17-18H,13-16H2,1-4H3,(H,26,29). The highest BCUT2D eigenvalue weighted by molar-refractivity contribution is 7.99. The van der Waals surface area contributed by atoms with Gasteiger partial charge in [0, 0.05) is 18.8 Å². The Labute approximate surface area is 188 Å². The second kappa shape index (κ2) is 12.3. The highest BCUT2D eigenvalue weighted by Gasteiger charge is 2.26. The number of methoxy groups -OCH3 is 1.